The van der Waals surface area contributed by atoms with Crippen LogP contribution in [0.15, 0.2) is 23.1 Å². The maximum Gasteiger partial charge on any atom is 0.251 e. The number of ether oxygens (including phenoxy) is 1. The van der Waals surface area contributed by atoms with E-state index in [1.54, 1.807) is 12.1 Å². The Morgan fingerprint density at radius 3 is 2.65 bits per heavy atom. The van der Waals surface area contributed by atoms with E-state index in [0.717, 1.165) is 19.3 Å². The van der Waals surface area contributed by atoms with Crippen LogP contribution >= 0.6 is 0 Å². The fourth-order valence-electron chi connectivity index (χ4n) is 2.06. The summed E-state index contributed by atoms with van der Waals surface area (Å²) in [4.78, 5) is 11.9. The number of benzene rings is 1. The van der Waals surface area contributed by atoms with Crippen molar-refractivity contribution in [2.24, 2.45) is 5.14 Å². The van der Waals surface area contributed by atoms with Crippen LogP contribution in [0.4, 0.5) is 0 Å². The Hall–Kier alpha value is -1.44. The van der Waals surface area contributed by atoms with E-state index in [2.05, 4.69) is 5.32 Å². The molecule has 3 N–H and O–H groups in total. The Labute approximate surface area is 118 Å². The molecule has 0 radical (unpaired) electrons. The van der Waals surface area contributed by atoms with Gasteiger partial charge in [-0.05, 0) is 37.0 Å². The fourth-order valence-corrected chi connectivity index (χ4v) is 2.84. The van der Waals surface area contributed by atoms with Gasteiger partial charge >= 0.3 is 0 Å². The fraction of sp³-hybridized carbons (Fsp3) is 0.462. The van der Waals surface area contributed by atoms with Crippen LogP contribution in [0.25, 0.3) is 0 Å². The van der Waals surface area contributed by atoms with E-state index in [1.165, 1.54) is 13.2 Å². The van der Waals surface area contributed by atoms with Crippen molar-refractivity contribution in [1.29, 1.82) is 0 Å². The quantitative estimate of drug-likeness (QED) is 0.838. The van der Waals surface area contributed by atoms with Crippen LogP contribution in [-0.2, 0) is 21.4 Å². The van der Waals surface area contributed by atoms with Gasteiger partial charge in [-0.15, -0.1) is 0 Å². The zero-order chi connectivity index (χ0) is 14.8. The number of nitrogens with one attached hydrogen (secondary N) is 1. The van der Waals surface area contributed by atoms with Crippen molar-refractivity contribution < 1.29 is 17.9 Å². The lowest BCUT2D eigenvalue weighted by atomic mass is 9.93. The highest BCUT2D eigenvalue weighted by Crippen LogP contribution is 2.20. The minimum Gasteiger partial charge on any atom is -0.380 e. The summed E-state index contributed by atoms with van der Waals surface area (Å²) < 4.78 is 28.1. The van der Waals surface area contributed by atoms with Crippen molar-refractivity contribution in [1.82, 2.24) is 5.32 Å². The molecular formula is C13H18N2O4S. The molecule has 110 valence electrons. The first-order valence-corrected chi connectivity index (χ1v) is 7.92. The highest BCUT2D eigenvalue weighted by Gasteiger charge is 2.22. The average molecular weight is 298 g/mol. The molecule has 1 saturated carbocycles. The maximum atomic E-state index is 12.0. The van der Waals surface area contributed by atoms with Gasteiger partial charge in [0, 0.05) is 18.7 Å². The van der Waals surface area contributed by atoms with Crippen molar-refractivity contribution in [2.45, 2.75) is 36.8 Å². The topological polar surface area (TPSA) is 98.5 Å². The molecular weight excluding hydrogens is 280 g/mol. The van der Waals surface area contributed by atoms with Crippen LogP contribution in [0.2, 0.25) is 0 Å². The number of methoxy groups -OCH3 is 1. The molecule has 1 amide bonds. The molecule has 1 fully saturated rings. The third-order valence-corrected chi connectivity index (χ3v) is 4.37. The highest BCUT2D eigenvalue weighted by molar-refractivity contribution is 7.89. The van der Waals surface area contributed by atoms with Crippen molar-refractivity contribution in [3.05, 3.63) is 29.3 Å². The first-order chi connectivity index (χ1) is 9.41. The van der Waals surface area contributed by atoms with Crippen LogP contribution < -0.4 is 10.5 Å². The van der Waals surface area contributed by atoms with Crippen LogP contribution in [-0.4, -0.2) is 27.5 Å². The van der Waals surface area contributed by atoms with Gasteiger partial charge in [-0.3, -0.25) is 4.79 Å². The van der Waals surface area contributed by atoms with Gasteiger partial charge in [-0.25, -0.2) is 13.6 Å². The second kappa shape index (κ2) is 5.90. The molecule has 0 unspecified atom stereocenters. The molecule has 20 heavy (non-hydrogen) atoms. The number of hydrogen-bond donors (Lipinski definition) is 2. The normalized spacial score (nSPS) is 15.7. The summed E-state index contributed by atoms with van der Waals surface area (Å²) in [5, 5.41) is 8.04. The number of rotatable bonds is 5. The van der Waals surface area contributed by atoms with Crippen molar-refractivity contribution in [3.8, 4) is 0 Å². The van der Waals surface area contributed by atoms with E-state index in [-0.39, 0.29) is 23.5 Å². The van der Waals surface area contributed by atoms with E-state index in [4.69, 9.17) is 9.88 Å². The lowest BCUT2D eigenvalue weighted by Gasteiger charge is -2.26. The minimum absolute atomic E-state index is 0.0689. The summed E-state index contributed by atoms with van der Waals surface area (Å²) in [7, 11) is -2.43. The molecule has 1 aromatic carbocycles. The van der Waals surface area contributed by atoms with Gasteiger partial charge in [-0.2, -0.15) is 0 Å². The second-order valence-corrected chi connectivity index (χ2v) is 6.43. The summed E-state index contributed by atoms with van der Waals surface area (Å²) in [6.07, 6.45) is 3.05. The number of nitrogens with two attached hydrogens (primary N) is 1. The predicted octanol–water partition coefficient (Wildman–Crippen LogP) is 0.763. The van der Waals surface area contributed by atoms with E-state index in [0.29, 0.717) is 11.1 Å². The molecule has 2 rings (SSSR count). The number of carbonyl (C=O) groups excluding carboxylic acids is 1. The molecule has 6 nitrogen and oxygen atoms in total. The third-order valence-electron chi connectivity index (χ3n) is 3.38. The molecule has 1 aromatic rings. The van der Waals surface area contributed by atoms with Crippen LogP contribution in [0.3, 0.4) is 0 Å². The van der Waals surface area contributed by atoms with Gasteiger partial charge in [-0.1, -0.05) is 6.07 Å². The average Bonchev–Trinajstić information content (AvgIpc) is 2.33. The number of carbonyl (C=O) groups is 1. The molecule has 0 saturated heterocycles. The largest absolute Gasteiger partial charge is 0.380 e. The molecule has 0 aromatic heterocycles. The molecule has 7 heteroatoms. The summed E-state index contributed by atoms with van der Waals surface area (Å²) in [5.74, 6) is -0.274. The number of amides is 1. The summed E-state index contributed by atoms with van der Waals surface area (Å²) in [6.45, 7) is 0.121. The van der Waals surface area contributed by atoms with E-state index < -0.39 is 10.0 Å². The molecule has 0 spiro atoms. The Bertz CT molecular complexity index is 609. The molecule has 1 aliphatic carbocycles. The zero-order valence-corrected chi connectivity index (χ0v) is 12.1. The number of sulfonamides is 1. The van der Waals surface area contributed by atoms with Gasteiger partial charge in [0.15, 0.2) is 0 Å². The van der Waals surface area contributed by atoms with Gasteiger partial charge in [0.25, 0.3) is 5.91 Å². The molecule has 0 atom stereocenters. The lowest BCUT2D eigenvalue weighted by molar-refractivity contribution is 0.0916. The highest BCUT2D eigenvalue weighted by atomic mass is 32.2. The maximum absolute atomic E-state index is 12.0. The Morgan fingerprint density at radius 1 is 1.45 bits per heavy atom. The predicted molar refractivity (Wildman–Crippen MR) is 73.6 cm³/mol. The summed E-state index contributed by atoms with van der Waals surface area (Å²) in [5.41, 5.74) is 0.732. The van der Waals surface area contributed by atoms with Gasteiger partial charge in [0.1, 0.15) is 0 Å². The monoisotopic (exact) mass is 298 g/mol. The van der Waals surface area contributed by atoms with Crippen molar-refractivity contribution in [3.63, 3.8) is 0 Å². The first kappa shape index (κ1) is 15.0. The Kier molecular flexibility index (Phi) is 4.42. The van der Waals surface area contributed by atoms with E-state index in [9.17, 15) is 13.2 Å². The summed E-state index contributed by atoms with van der Waals surface area (Å²) >= 11 is 0. The first-order valence-electron chi connectivity index (χ1n) is 6.37. The smallest absolute Gasteiger partial charge is 0.251 e. The lowest BCUT2D eigenvalue weighted by Crippen LogP contribution is -2.39. The van der Waals surface area contributed by atoms with Crippen LogP contribution in [0.5, 0.6) is 0 Å². The summed E-state index contributed by atoms with van der Waals surface area (Å²) in [6, 6.07) is 4.63. The molecule has 0 heterocycles. The van der Waals surface area contributed by atoms with Crippen molar-refractivity contribution >= 4 is 15.9 Å². The standard InChI is InChI=1S/C13H18N2O4S/c1-19-8-10-6-5-9(7-12(10)20(14,17)18)13(16)15-11-3-2-4-11/h5-7,11H,2-4,8H2,1H3,(H,15,16)(H2,14,17,18). The van der Waals surface area contributed by atoms with Gasteiger partial charge < -0.3 is 10.1 Å². The molecule has 0 bridgehead atoms. The minimum atomic E-state index is -3.89. The van der Waals surface area contributed by atoms with E-state index in [1.807, 2.05) is 0 Å². The zero-order valence-electron chi connectivity index (χ0n) is 11.3. The van der Waals surface area contributed by atoms with Crippen LogP contribution in [0, 0.1) is 0 Å². The van der Waals surface area contributed by atoms with Gasteiger partial charge in [0.05, 0.1) is 11.5 Å². The third kappa shape index (κ3) is 3.36. The van der Waals surface area contributed by atoms with E-state index >= 15 is 0 Å². The van der Waals surface area contributed by atoms with Crippen LogP contribution in [0.1, 0.15) is 35.2 Å². The Morgan fingerprint density at radius 2 is 2.15 bits per heavy atom. The second-order valence-electron chi connectivity index (χ2n) is 4.90. The number of primary sulfonamides is 1. The number of hydrogen-bond acceptors (Lipinski definition) is 4. The molecule has 1 aliphatic rings. The Balaban J connectivity index is 2.28. The molecule has 0 aliphatic heterocycles. The van der Waals surface area contributed by atoms with Gasteiger partial charge in [0.2, 0.25) is 10.0 Å². The van der Waals surface area contributed by atoms with Crippen molar-refractivity contribution in [2.75, 3.05) is 7.11 Å². The SMILES string of the molecule is COCc1ccc(C(=O)NC2CCC2)cc1S(N)(=O)=O.